The molecular weight excluding hydrogens is 528 g/mol. The Morgan fingerprint density at radius 3 is 2.53 bits per heavy atom. The third kappa shape index (κ3) is 5.72. The second-order valence-electron chi connectivity index (χ2n) is 7.82. The summed E-state index contributed by atoms with van der Waals surface area (Å²) in [5, 5.41) is 10.1. The number of nitrogens with one attached hydrogen (secondary N) is 1. The van der Waals surface area contributed by atoms with Gasteiger partial charge in [0.2, 0.25) is 18.2 Å². The fraction of sp³-hybridized carbons (Fsp3) is 0.0800. The van der Waals surface area contributed by atoms with Crippen molar-refractivity contribution in [2.45, 2.75) is 11.1 Å². The molecule has 0 radical (unpaired) electrons. The third-order valence-electron chi connectivity index (χ3n) is 5.34. The van der Waals surface area contributed by atoms with Gasteiger partial charge in [-0.05, 0) is 54.1 Å². The molecule has 0 bridgehead atoms. The van der Waals surface area contributed by atoms with Crippen LogP contribution in [0, 0.1) is 5.82 Å². The van der Waals surface area contributed by atoms with Crippen molar-refractivity contribution in [1.82, 2.24) is 10.2 Å². The van der Waals surface area contributed by atoms with Crippen molar-refractivity contribution in [3.8, 4) is 11.5 Å². The van der Waals surface area contributed by atoms with Gasteiger partial charge in [0.25, 0.3) is 10.0 Å². The number of para-hydroxylation sites is 1. The number of nitrogens with zero attached hydrogens (tertiary/aromatic N) is 3. The van der Waals surface area contributed by atoms with E-state index in [4.69, 9.17) is 4.42 Å². The molecule has 8 nitrogen and oxygen atoms in total. The molecule has 0 aliphatic carbocycles. The van der Waals surface area contributed by atoms with Crippen molar-refractivity contribution >= 4 is 33.4 Å². The van der Waals surface area contributed by atoms with Gasteiger partial charge in [-0.1, -0.05) is 24.3 Å². The molecule has 0 saturated heterocycles. The van der Waals surface area contributed by atoms with E-state index in [0.29, 0.717) is 33.3 Å². The van der Waals surface area contributed by atoms with Crippen LogP contribution in [-0.4, -0.2) is 31.6 Å². The molecule has 196 valence electrons. The second-order valence-corrected chi connectivity index (χ2v) is 9.79. The molecule has 0 spiro atoms. The minimum absolute atomic E-state index is 0.204. The number of carbonyl (C=O) groups excluding carboxylic acids is 1. The van der Waals surface area contributed by atoms with Gasteiger partial charge in [0, 0.05) is 13.1 Å². The van der Waals surface area contributed by atoms with Gasteiger partial charge >= 0.3 is 6.18 Å². The van der Waals surface area contributed by atoms with E-state index in [0.717, 1.165) is 19.5 Å². The average Bonchev–Trinajstić information content (AvgIpc) is 3.42. The van der Waals surface area contributed by atoms with E-state index in [2.05, 4.69) is 15.5 Å². The van der Waals surface area contributed by atoms with Gasteiger partial charge in [0.1, 0.15) is 5.82 Å². The smallest absolute Gasteiger partial charge is 0.419 e. The Labute approximate surface area is 214 Å². The summed E-state index contributed by atoms with van der Waals surface area (Å²) in [7, 11) is -3.27. The first-order chi connectivity index (χ1) is 18.0. The Balaban J connectivity index is 1.54. The van der Waals surface area contributed by atoms with Gasteiger partial charge in [-0.2, -0.15) is 13.2 Å². The molecule has 13 heteroatoms. The molecule has 4 aromatic rings. The maximum absolute atomic E-state index is 13.6. The molecule has 4 rings (SSSR count). The Hall–Kier alpha value is -4.52. The summed E-state index contributed by atoms with van der Waals surface area (Å²) < 4.78 is 84.9. The highest BCUT2D eigenvalue weighted by atomic mass is 32.2. The number of benzene rings is 3. The highest BCUT2D eigenvalue weighted by molar-refractivity contribution is 7.92. The van der Waals surface area contributed by atoms with Gasteiger partial charge < -0.3 is 9.73 Å². The van der Waals surface area contributed by atoms with Gasteiger partial charge in [0.05, 0.1) is 27.4 Å². The first-order valence-electron chi connectivity index (χ1n) is 10.8. The third-order valence-corrected chi connectivity index (χ3v) is 7.12. The van der Waals surface area contributed by atoms with Crippen molar-refractivity contribution in [1.29, 1.82) is 0 Å². The molecule has 1 amide bonds. The molecular formula is C25H18F4N4O4S. The van der Waals surface area contributed by atoms with Gasteiger partial charge in [-0.15, -0.1) is 10.2 Å². The lowest BCUT2D eigenvalue weighted by atomic mass is 10.1. The van der Waals surface area contributed by atoms with Crippen LogP contribution in [0.1, 0.15) is 11.1 Å². The SMILES string of the molecule is CN(c1ccc(F)c(C(F)(F)F)c1)S(=O)(=O)c1cccc(/C=C/C(=O)Nc2ccccc2-c2nnco2)c1. The lowest BCUT2D eigenvalue weighted by Gasteiger charge is -2.21. The lowest BCUT2D eigenvalue weighted by Crippen LogP contribution is -2.27. The maximum Gasteiger partial charge on any atom is 0.419 e. The van der Waals surface area contributed by atoms with Crippen LogP contribution in [0.15, 0.2) is 88.5 Å². The number of halogens is 4. The van der Waals surface area contributed by atoms with Crippen LogP contribution in [0.4, 0.5) is 28.9 Å². The van der Waals surface area contributed by atoms with E-state index >= 15 is 0 Å². The standard InChI is InChI=1S/C25H18F4N4O4S/c1-33(17-10-11-21(26)20(14-17)25(27,28)29)38(35,36)18-6-4-5-16(13-18)9-12-23(34)31-22-8-3-2-7-19(22)24-32-30-15-37-24/h2-15H,1H3,(H,31,34)/b12-9+. The van der Waals surface area contributed by atoms with Crippen molar-refractivity contribution in [3.63, 3.8) is 0 Å². The lowest BCUT2D eigenvalue weighted by molar-refractivity contribution is -0.139. The van der Waals surface area contributed by atoms with Gasteiger partial charge in [-0.3, -0.25) is 9.10 Å². The number of hydrogen-bond acceptors (Lipinski definition) is 6. The molecule has 38 heavy (non-hydrogen) atoms. The Morgan fingerprint density at radius 2 is 1.82 bits per heavy atom. The number of hydrogen-bond donors (Lipinski definition) is 1. The number of carbonyl (C=O) groups is 1. The summed E-state index contributed by atoms with van der Waals surface area (Å²) in [6, 6.07) is 14.1. The summed E-state index contributed by atoms with van der Waals surface area (Å²) in [5.74, 6) is -1.85. The topological polar surface area (TPSA) is 105 Å². The fourth-order valence-electron chi connectivity index (χ4n) is 3.42. The zero-order chi connectivity index (χ0) is 27.5. The summed E-state index contributed by atoms with van der Waals surface area (Å²) >= 11 is 0. The summed E-state index contributed by atoms with van der Waals surface area (Å²) in [5.41, 5.74) is -0.728. The molecule has 0 fully saturated rings. The molecule has 0 saturated carbocycles. The van der Waals surface area contributed by atoms with E-state index < -0.39 is 33.5 Å². The minimum atomic E-state index is -5.00. The molecule has 1 N–H and O–H groups in total. The molecule has 0 aliphatic heterocycles. The summed E-state index contributed by atoms with van der Waals surface area (Å²) in [4.78, 5) is 12.3. The van der Waals surface area contributed by atoms with Crippen molar-refractivity contribution in [2.75, 3.05) is 16.7 Å². The van der Waals surface area contributed by atoms with E-state index in [1.54, 1.807) is 24.3 Å². The molecule has 3 aromatic carbocycles. The van der Waals surface area contributed by atoms with Gasteiger partial charge in [-0.25, -0.2) is 12.8 Å². The monoisotopic (exact) mass is 546 g/mol. The van der Waals surface area contributed by atoms with Crippen molar-refractivity contribution in [2.24, 2.45) is 0 Å². The number of aromatic nitrogens is 2. The van der Waals surface area contributed by atoms with Crippen molar-refractivity contribution in [3.05, 3.63) is 96.1 Å². The first kappa shape index (κ1) is 26.5. The second kappa shape index (κ2) is 10.5. The van der Waals surface area contributed by atoms with E-state index in [1.165, 1.54) is 36.4 Å². The number of rotatable bonds is 7. The van der Waals surface area contributed by atoms with Crippen LogP contribution in [-0.2, 0) is 21.0 Å². The van der Waals surface area contributed by atoms with Gasteiger partial charge in [0.15, 0.2) is 0 Å². The molecule has 1 aromatic heterocycles. The molecule has 0 aliphatic rings. The number of amides is 1. The van der Waals surface area contributed by atoms with Crippen LogP contribution >= 0.6 is 0 Å². The highest BCUT2D eigenvalue weighted by Crippen LogP contribution is 2.35. The highest BCUT2D eigenvalue weighted by Gasteiger charge is 2.35. The fourth-order valence-corrected chi connectivity index (χ4v) is 4.66. The van der Waals surface area contributed by atoms with Crippen LogP contribution < -0.4 is 9.62 Å². The predicted octanol–water partition coefficient (Wildman–Crippen LogP) is 5.37. The molecule has 0 atom stereocenters. The number of anilines is 2. The largest absolute Gasteiger partial charge is 0.423 e. The minimum Gasteiger partial charge on any atom is -0.423 e. The molecule has 1 heterocycles. The number of alkyl halides is 3. The average molecular weight is 547 g/mol. The van der Waals surface area contributed by atoms with Crippen LogP contribution in [0.5, 0.6) is 0 Å². The van der Waals surface area contributed by atoms with E-state index in [-0.39, 0.29) is 16.5 Å². The zero-order valence-electron chi connectivity index (χ0n) is 19.5. The van der Waals surface area contributed by atoms with E-state index in [1.807, 2.05) is 0 Å². The normalized spacial score (nSPS) is 12.0. The van der Waals surface area contributed by atoms with Crippen molar-refractivity contribution < 1.29 is 35.2 Å². The summed E-state index contributed by atoms with van der Waals surface area (Å²) in [6.07, 6.45) is -1.31. The first-order valence-corrected chi connectivity index (χ1v) is 12.2. The Bertz CT molecular complexity index is 1600. The zero-order valence-corrected chi connectivity index (χ0v) is 20.3. The summed E-state index contributed by atoms with van der Waals surface area (Å²) in [6.45, 7) is 0. The van der Waals surface area contributed by atoms with Crippen LogP contribution in [0.25, 0.3) is 17.5 Å². The Kier molecular flexibility index (Phi) is 7.30. The molecule has 0 unspecified atom stereocenters. The Morgan fingerprint density at radius 1 is 1.05 bits per heavy atom. The quantitative estimate of drug-likeness (QED) is 0.247. The maximum atomic E-state index is 13.6. The van der Waals surface area contributed by atoms with Crippen LogP contribution in [0.2, 0.25) is 0 Å². The number of sulfonamides is 1. The predicted molar refractivity (Wildman–Crippen MR) is 131 cm³/mol. The van der Waals surface area contributed by atoms with E-state index in [9.17, 15) is 30.8 Å². The van der Waals surface area contributed by atoms with Crippen LogP contribution in [0.3, 0.4) is 0 Å².